The van der Waals surface area contributed by atoms with E-state index in [1.54, 1.807) is 13.8 Å². The molecule has 1 atom stereocenters. The molecule has 4 aliphatic rings. The van der Waals surface area contributed by atoms with Gasteiger partial charge in [0, 0.05) is 0 Å². The number of ether oxygens (including phenoxy) is 3. The average molecular weight is 466 g/mol. The molecule has 32 heavy (non-hydrogen) atoms. The van der Waals surface area contributed by atoms with Crippen molar-refractivity contribution in [1.82, 2.24) is 0 Å². The van der Waals surface area contributed by atoms with Crippen molar-refractivity contribution in [2.24, 2.45) is 29.1 Å². The molecule has 4 fully saturated rings. The van der Waals surface area contributed by atoms with Crippen LogP contribution in [-0.2, 0) is 28.6 Å². The summed E-state index contributed by atoms with van der Waals surface area (Å²) in [6.07, 6.45) is -2.06. The highest BCUT2D eigenvalue weighted by Gasteiger charge is 2.59. The fourth-order valence-electron chi connectivity index (χ4n) is 5.66. The molecule has 4 bridgehead atoms. The zero-order chi connectivity index (χ0) is 23.7. The highest BCUT2D eigenvalue weighted by Crippen LogP contribution is 2.60. The summed E-state index contributed by atoms with van der Waals surface area (Å²) in [6.45, 7) is 2.19. The van der Waals surface area contributed by atoms with Gasteiger partial charge in [0.15, 0.2) is 0 Å². The van der Waals surface area contributed by atoms with Crippen molar-refractivity contribution in [3.05, 3.63) is 0 Å². The van der Waals surface area contributed by atoms with Gasteiger partial charge in [-0.25, -0.2) is 4.79 Å². The quantitative estimate of drug-likeness (QED) is 0.204. The highest BCUT2D eigenvalue weighted by molar-refractivity contribution is 5.79. The number of halogens is 4. The first-order chi connectivity index (χ1) is 14.9. The van der Waals surface area contributed by atoms with Crippen molar-refractivity contribution in [3.63, 3.8) is 0 Å². The molecule has 4 rings (SSSR count). The SMILES string of the molecule is CCC(C)C(=O)OCCOC(=O)C(F)(F)CC(F)(F)OC(=O)C12CC3CC(CC(C3)C1)C2. The summed E-state index contributed by atoms with van der Waals surface area (Å²) in [4.78, 5) is 35.7. The third kappa shape index (κ3) is 5.54. The Morgan fingerprint density at radius 3 is 1.94 bits per heavy atom. The molecule has 0 aliphatic heterocycles. The van der Waals surface area contributed by atoms with Gasteiger partial charge in [-0.05, 0) is 62.7 Å². The third-order valence-corrected chi connectivity index (χ3v) is 7.02. The Labute approximate surface area is 184 Å². The molecule has 1 unspecified atom stereocenters. The van der Waals surface area contributed by atoms with Crippen molar-refractivity contribution in [3.8, 4) is 0 Å². The first kappa shape index (κ1) is 24.8. The zero-order valence-electron chi connectivity index (χ0n) is 18.3. The molecule has 0 saturated heterocycles. The van der Waals surface area contributed by atoms with Crippen LogP contribution >= 0.6 is 0 Å². The van der Waals surface area contributed by atoms with E-state index in [0.29, 0.717) is 25.7 Å². The average Bonchev–Trinajstić information content (AvgIpc) is 2.67. The van der Waals surface area contributed by atoms with E-state index in [0.717, 1.165) is 19.3 Å². The summed E-state index contributed by atoms with van der Waals surface area (Å²) < 4.78 is 69.9. The van der Waals surface area contributed by atoms with Crippen LogP contribution in [0.25, 0.3) is 0 Å². The lowest BCUT2D eigenvalue weighted by molar-refractivity contribution is -0.271. The lowest BCUT2D eigenvalue weighted by Gasteiger charge is -2.55. The molecule has 4 aliphatic carbocycles. The van der Waals surface area contributed by atoms with Crippen LogP contribution in [0.5, 0.6) is 0 Å². The van der Waals surface area contributed by atoms with Crippen LogP contribution < -0.4 is 0 Å². The zero-order valence-corrected chi connectivity index (χ0v) is 18.3. The van der Waals surface area contributed by atoms with Gasteiger partial charge in [-0.15, -0.1) is 0 Å². The van der Waals surface area contributed by atoms with E-state index in [9.17, 15) is 31.9 Å². The summed E-state index contributed by atoms with van der Waals surface area (Å²) >= 11 is 0. The van der Waals surface area contributed by atoms with Gasteiger partial charge < -0.3 is 14.2 Å². The number of esters is 3. The van der Waals surface area contributed by atoms with E-state index in [2.05, 4.69) is 9.47 Å². The van der Waals surface area contributed by atoms with Crippen LogP contribution in [0.4, 0.5) is 17.6 Å². The fourth-order valence-corrected chi connectivity index (χ4v) is 5.66. The van der Waals surface area contributed by atoms with E-state index in [-0.39, 0.29) is 17.8 Å². The minimum absolute atomic E-state index is 0.285. The maximum absolute atomic E-state index is 14.2. The van der Waals surface area contributed by atoms with Crippen molar-refractivity contribution in [2.75, 3.05) is 13.2 Å². The minimum Gasteiger partial charge on any atom is -0.462 e. The van der Waals surface area contributed by atoms with E-state index < -0.39 is 60.9 Å². The van der Waals surface area contributed by atoms with Gasteiger partial charge in [-0.2, -0.15) is 17.6 Å². The smallest absolute Gasteiger partial charge is 0.406 e. The van der Waals surface area contributed by atoms with Gasteiger partial charge >= 0.3 is 29.9 Å². The maximum atomic E-state index is 14.2. The number of hydrogen-bond acceptors (Lipinski definition) is 6. The van der Waals surface area contributed by atoms with Crippen LogP contribution in [0.3, 0.4) is 0 Å². The lowest BCUT2D eigenvalue weighted by Crippen LogP contribution is -2.52. The van der Waals surface area contributed by atoms with Gasteiger partial charge in [0.25, 0.3) is 0 Å². The molecular formula is C22H30F4O6. The molecular weight excluding hydrogens is 436 g/mol. The first-order valence-corrected chi connectivity index (χ1v) is 11.2. The summed E-state index contributed by atoms with van der Waals surface area (Å²) in [5.74, 6) is -8.06. The first-order valence-electron chi connectivity index (χ1n) is 11.2. The second kappa shape index (κ2) is 9.17. The Balaban J connectivity index is 1.49. The van der Waals surface area contributed by atoms with Gasteiger partial charge in [-0.1, -0.05) is 13.8 Å². The predicted molar refractivity (Wildman–Crippen MR) is 103 cm³/mol. The monoisotopic (exact) mass is 466 g/mol. The number of carbonyl (C=O) groups excluding carboxylic acids is 3. The molecule has 0 N–H and O–H groups in total. The number of carbonyl (C=O) groups is 3. The van der Waals surface area contributed by atoms with Gasteiger partial charge in [0.1, 0.15) is 19.6 Å². The lowest BCUT2D eigenvalue weighted by atomic mass is 9.49. The van der Waals surface area contributed by atoms with Crippen molar-refractivity contribution >= 4 is 17.9 Å². The summed E-state index contributed by atoms with van der Waals surface area (Å²) in [7, 11) is 0. The van der Waals surface area contributed by atoms with Crippen LogP contribution in [0.2, 0.25) is 0 Å². The van der Waals surface area contributed by atoms with Crippen molar-refractivity contribution < 1.29 is 46.2 Å². The van der Waals surface area contributed by atoms with Crippen LogP contribution in [0.1, 0.15) is 65.2 Å². The Kier molecular flexibility index (Phi) is 7.10. The number of hydrogen-bond donors (Lipinski definition) is 0. The minimum atomic E-state index is -4.58. The molecule has 10 heteroatoms. The van der Waals surface area contributed by atoms with E-state index in [1.807, 2.05) is 0 Å². The number of rotatable bonds is 10. The molecule has 0 radical (unpaired) electrons. The largest absolute Gasteiger partial charge is 0.462 e. The second-order valence-corrected chi connectivity index (χ2v) is 9.72. The van der Waals surface area contributed by atoms with E-state index >= 15 is 0 Å². The Morgan fingerprint density at radius 1 is 0.938 bits per heavy atom. The fraction of sp³-hybridized carbons (Fsp3) is 0.864. The van der Waals surface area contributed by atoms with Gasteiger partial charge in [0.2, 0.25) is 0 Å². The molecule has 0 aromatic heterocycles. The molecule has 0 aromatic rings. The van der Waals surface area contributed by atoms with Crippen LogP contribution in [-0.4, -0.2) is 43.2 Å². The normalized spacial score (nSPS) is 30.0. The van der Waals surface area contributed by atoms with Gasteiger partial charge in [0.05, 0.1) is 11.3 Å². The summed E-state index contributed by atoms with van der Waals surface area (Å²) in [5, 5.41) is 0. The maximum Gasteiger partial charge on any atom is 0.406 e. The molecule has 0 spiro atoms. The molecule has 0 heterocycles. The van der Waals surface area contributed by atoms with E-state index in [1.165, 1.54) is 0 Å². The van der Waals surface area contributed by atoms with Gasteiger partial charge in [-0.3, -0.25) is 9.59 Å². The molecule has 4 saturated carbocycles. The Morgan fingerprint density at radius 2 is 1.44 bits per heavy atom. The molecule has 182 valence electrons. The van der Waals surface area contributed by atoms with Crippen molar-refractivity contribution in [1.29, 1.82) is 0 Å². The topological polar surface area (TPSA) is 78.9 Å². The predicted octanol–water partition coefficient (Wildman–Crippen LogP) is 4.50. The summed E-state index contributed by atoms with van der Waals surface area (Å²) in [5.41, 5.74) is -1.03. The molecule has 6 nitrogen and oxygen atoms in total. The van der Waals surface area contributed by atoms with Crippen LogP contribution in [0, 0.1) is 29.1 Å². The Bertz CT molecular complexity index is 703. The highest BCUT2D eigenvalue weighted by atomic mass is 19.3. The second-order valence-electron chi connectivity index (χ2n) is 9.72. The molecule has 0 amide bonds. The number of alkyl halides is 4. The Hall–Kier alpha value is -1.87. The third-order valence-electron chi connectivity index (χ3n) is 7.02. The van der Waals surface area contributed by atoms with Crippen LogP contribution in [0.15, 0.2) is 0 Å². The van der Waals surface area contributed by atoms with Crippen molar-refractivity contribution in [2.45, 2.75) is 77.2 Å². The summed E-state index contributed by atoms with van der Waals surface area (Å²) in [6, 6.07) is 0. The molecule has 0 aromatic carbocycles. The standard InChI is InChI=1S/C22H30F4O6/c1-3-13(2)17(27)30-4-5-31-19(29)21(23,24)12-22(25,26)32-18(28)20-9-14-6-15(10-20)8-16(7-14)11-20/h13-16H,3-12H2,1-2H3. The van der Waals surface area contributed by atoms with E-state index in [4.69, 9.17) is 4.74 Å².